The fraction of sp³-hybridized carbons (Fsp3) is 0.462. The monoisotopic (exact) mass is 300 g/mol. The summed E-state index contributed by atoms with van der Waals surface area (Å²) in [5.74, 6) is -2.64. The Morgan fingerprint density at radius 3 is 2.52 bits per heavy atom. The molecular weight excluding hydrogens is 283 g/mol. The van der Waals surface area contributed by atoms with E-state index in [9.17, 15) is 19.3 Å². The van der Waals surface area contributed by atoms with Crippen molar-refractivity contribution in [2.24, 2.45) is 0 Å². The normalized spacial score (nSPS) is 10.7. The fourth-order valence-electron chi connectivity index (χ4n) is 1.99. The van der Waals surface area contributed by atoms with E-state index in [0.717, 1.165) is 6.07 Å². The molecule has 1 rings (SSSR count). The van der Waals surface area contributed by atoms with Crippen molar-refractivity contribution in [3.05, 3.63) is 33.6 Å². The number of aromatic carboxylic acids is 1. The summed E-state index contributed by atoms with van der Waals surface area (Å²) in [6.45, 7) is 3.72. The molecule has 0 fully saturated rings. The molecule has 0 unspecified atom stereocenters. The summed E-state index contributed by atoms with van der Waals surface area (Å²) in [4.78, 5) is 22.9. The van der Waals surface area contributed by atoms with Crippen molar-refractivity contribution in [3.63, 3.8) is 0 Å². The van der Waals surface area contributed by atoms with Crippen molar-refractivity contribution >= 4 is 17.3 Å². The molecule has 7 nitrogen and oxygen atoms in total. The minimum atomic E-state index is -1.49. The lowest BCUT2D eigenvalue weighted by atomic mass is 10.1. The highest BCUT2D eigenvalue weighted by Gasteiger charge is 2.26. The van der Waals surface area contributed by atoms with E-state index < -0.39 is 28.0 Å². The van der Waals surface area contributed by atoms with Gasteiger partial charge in [-0.3, -0.25) is 10.1 Å². The summed E-state index contributed by atoms with van der Waals surface area (Å²) in [6.07, 6.45) is 0.356. The van der Waals surface area contributed by atoms with Crippen LogP contribution in [0, 0.1) is 15.9 Å². The Morgan fingerprint density at radius 2 is 2.10 bits per heavy atom. The smallest absolute Gasteiger partial charge is 0.338 e. The predicted octanol–water partition coefficient (Wildman–Crippen LogP) is 2.03. The van der Waals surface area contributed by atoms with Crippen LogP contribution in [0.5, 0.6) is 0 Å². The molecule has 0 spiro atoms. The third-order valence-corrected chi connectivity index (χ3v) is 2.98. The minimum absolute atomic E-state index is 0.0299. The SMILES string of the molecule is CC(C)N(CCCO)c1cc(C(=O)O)c(F)cc1[N+](=O)[O-]. The van der Waals surface area contributed by atoms with Crippen LogP contribution in [0.1, 0.15) is 30.6 Å². The van der Waals surface area contributed by atoms with Gasteiger partial charge >= 0.3 is 5.97 Å². The second-order valence-corrected chi connectivity index (χ2v) is 4.75. The summed E-state index contributed by atoms with van der Waals surface area (Å²) in [5, 5.41) is 28.9. The van der Waals surface area contributed by atoms with Crippen molar-refractivity contribution in [2.75, 3.05) is 18.1 Å². The molecule has 0 aliphatic heterocycles. The Balaban J connectivity index is 3.44. The van der Waals surface area contributed by atoms with Crippen molar-refractivity contribution in [2.45, 2.75) is 26.3 Å². The molecule has 0 heterocycles. The van der Waals surface area contributed by atoms with E-state index in [4.69, 9.17) is 10.2 Å². The quantitative estimate of drug-likeness (QED) is 0.590. The van der Waals surface area contributed by atoms with Gasteiger partial charge in [-0.25, -0.2) is 9.18 Å². The van der Waals surface area contributed by atoms with Gasteiger partial charge in [0.15, 0.2) is 0 Å². The average Bonchev–Trinajstić information content (AvgIpc) is 2.39. The van der Waals surface area contributed by atoms with Crippen LogP contribution >= 0.6 is 0 Å². The van der Waals surface area contributed by atoms with Crippen LogP contribution in [-0.4, -0.2) is 40.3 Å². The van der Waals surface area contributed by atoms with Crippen molar-refractivity contribution in [1.29, 1.82) is 0 Å². The molecule has 0 saturated carbocycles. The van der Waals surface area contributed by atoms with E-state index >= 15 is 0 Å². The van der Waals surface area contributed by atoms with E-state index in [-0.39, 0.29) is 18.3 Å². The summed E-state index contributed by atoms with van der Waals surface area (Å²) in [7, 11) is 0. The van der Waals surface area contributed by atoms with E-state index in [0.29, 0.717) is 19.0 Å². The number of carboxylic acid groups (broad SMARTS) is 1. The Bertz CT molecular complexity index is 548. The van der Waals surface area contributed by atoms with Crippen LogP contribution in [0.2, 0.25) is 0 Å². The molecule has 2 N–H and O–H groups in total. The van der Waals surface area contributed by atoms with Gasteiger partial charge in [0, 0.05) is 19.2 Å². The average molecular weight is 300 g/mol. The Hall–Kier alpha value is -2.22. The molecule has 1 aromatic rings. The second kappa shape index (κ2) is 6.98. The lowest BCUT2D eigenvalue weighted by Crippen LogP contribution is -2.33. The van der Waals surface area contributed by atoms with E-state index in [1.807, 2.05) is 0 Å². The molecule has 0 amide bonds. The number of carbonyl (C=O) groups is 1. The lowest BCUT2D eigenvalue weighted by molar-refractivity contribution is -0.384. The van der Waals surface area contributed by atoms with Crippen LogP contribution in [-0.2, 0) is 0 Å². The molecule has 8 heteroatoms. The second-order valence-electron chi connectivity index (χ2n) is 4.75. The number of hydrogen-bond donors (Lipinski definition) is 2. The Kier molecular flexibility index (Phi) is 5.60. The third kappa shape index (κ3) is 3.88. The molecule has 0 aliphatic carbocycles. The number of benzene rings is 1. The summed E-state index contributed by atoms with van der Waals surface area (Å²) >= 11 is 0. The molecule has 0 aliphatic rings. The van der Waals surface area contributed by atoms with Crippen LogP contribution in [0.4, 0.5) is 15.8 Å². The van der Waals surface area contributed by atoms with Gasteiger partial charge in [-0.2, -0.15) is 0 Å². The highest BCUT2D eigenvalue weighted by molar-refractivity contribution is 5.90. The number of aliphatic hydroxyl groups excluding tert-OH is 1. The fourth-order valence-corrected chi connectivity index (χ4v) is 1.99. The van der Waals surface area contributed by atoms with Gasteiger partial charge < -0.3 is 15.1 Å². The number of aliphatic hydroxyl groups is 1. The van der Waals surface area contributed by atoms with Gasteiger partial charge in [0.2, 0.25) is 0 Å². The van der Waals surface area contributed by atoms with Gasteiger partial charge in [-0.1, -0.05) is 0 Å². The highest BCUT2D eigenvalue weighted by Crippen LogP contribution is 2.32. The zero-order valence-electron chi connectivity index (χ0n) is 11.7. The maximum absolute atomic E-state index is 13.6. The number of anilines is 1. The van der Waals surface area contributed by atoms with E-state index in [1.165, 1.54) is 0 Å². The van der Waals surface area contributed by atoms with Gasteiger partial charge in [-0.05, 0) is 26.3 Å². The number of nitro benzene ring substituents is 1. The van der Waals surface area contributed by atoms with Gasteiger partial charge in [0.1, 0.15) is 11.5 Å². The number of hydrogen-bond acceptors (Lipinski definition) is 5. The molecule has 1 aromatic carbocycles. The highest BCUT2D eigenvalue weighted by atomic mass is 19.1. The summed E-state index contributed by atoms with van der Waals surface area (Å²) in [5.41, 5.74) is -1.09. The predicted molar refractivity (Wildman–Crippen MR) is 74.2 cm³/mol. The van der Waals surface area contributed by atoms with Crippen LogP contribution in [0.15, 0.2) is 12.1 Å². The topological polar surface area (TPSA) is 104 Å². The summed E-state index contributed by atoms with van der Waals surface area (Å²) in [6, 6.07) is 1.41. The van der Waals surface area contributed by atoms with Crippen LogP contribution in [0.25, 0.3) is 0 Å². The van der Waals surface area contributed by atoms with Crippen LogP contribution < -0.4 is 4.90 Å². The number of nitrogens with zero attached hydrogens (tertiary/aromatic N) is 2. The first-order valence-electron chi connectivity index (χ1n) is 6.38. The Labute approximate surface area is 120 Å². The first kappa shape index (κ1) is 16.8. The van der Waals surface area contributed by atoms with E-state index in [2.05, 4.69) is 0 Å². The molecule has 0 bridgehead atoms. The lowest BCUT2D eigenvalue weighted by Gasteiger charge is -2.28. The van der Waals surface area contributed by atoms with Gasteiger partial charge in [0.25, 0.3) is 5.69 Å². The molecular formula is C13H17FN2O5. The van der Waals surface area contributed by atoms with Crippen molar-refractivity contribution < 1.29 is 24.3 Å². The molecule has 21 heavy (non-hydrogen) atoms. The van der Waals surface area contributed by atoms with Crippen molar-refractivity contribution in [3.8, 4) is 0 Å². The molecule has 0 atom stereocenters. The molecule has 0 radical (unpaired) electrons. The van der Waals surface area contributed by atoms with Crippen LogP contribution in [0.3, 0.4) is 0 Å². The Morgan fingerprint density at radius 1 is 1.48 bits per heavy atom. The minimum Gasteiger partial charge on any atom is -0.478 e. The van der Waals surface area contributed by atoms with Gasteiger partial charge in [0.05, 0.1) is 16.6 Å². The maximum atomic E-state index is 13.6. The largest absolute Gasteiger partial charge is 0.478 e. The van der Waals surface area contributed by atoms with E-state index in [1.54, 1.807) is 18.7 Å². The first-order chi connectivity index (χ1) is 9.79. The first-order valence-corrected chi connectivity index (χ1v) is 6.38. The zero-order chi connectivity index (χ0) is 16.2. The third-order valence-electron chi connectivity index (χ3n) is 2.98. The molecule has 116 valence electrons. The standard InChI is InChI=1S/C13H17FN2O5/c1-8(2)15(4-3-5-17)11-6-9(13(18)19)10(14)7-12(11)16(20)21/h6-8,17H,3-5H2,1-2H3,(H,18,19). The number of rotatable bonds is 7. The summed E-state index contributed by atoms with van der Waals surface area (Å²) < 4.78 is 13.6. The van der Waals surface area contributed by atoms with Crippen molar-refractivity contribution in [1.82, 2.24) is 0 Å². The zero-order valence-corrected chi connectivity index (χ0v) is 11.7. The number of nitro groups is 1. The number of carboxylic acids is 1. The molecule has 0 aromatic heterocycles. The number of halogens is 1. The van der Waals surface area contributed by atoms with Gasteiger partial charge in [-0.15, -0.1) is 0 Å². The maximum Gasteiger partial charge on any atom is 0.338 e. The molecule has 0 saturated heterocycles.